The summed E-state index contributed by atoms with van der Waals surface area (Å²) in [6, 6.07) is 1.91. The molecule has 0 amide bonds. The van der Waals surface area contributed by atoms with E-state index in [0.717, 1.165) is 12.1 Å². The fourth-order valence-corrected chi connectivity index (χ4v) is 2.19. The van der Waals surface area contributed by atoms with E-state index < -0.39 is 42.2 Å². The SMILES string of the molecule is Cc1cc(F)c(N=C(N)COC(F)(F)F)cc1SCC(F)(F)F. The van der Waals surface area contributed by atoms with Gasteiger partial charge < -0.3 is 5.73 Å². The minimum Gasteiger partial charge on any atom is -0.385 e. The van der Waals surface area contributed by atoms with E-state index in [9.17, 15) is 30.7 Å². The van der Waals surface area contributed by atoms with E-state index in [1.807, 2.05) is 0 Å². The van der Waals surface area contributed by atoms with Gasteiger partial charge in [0.15, 0.2) is 0 Å². The molecule has 0 aromatic heterocycles. The van der Waals surface area contributed by atoms with Crippen LogP contribution in [-0.4, -0.2) is 30.7 Å². The molecule has 0 bridgehead atoms. The molecule has 1 aromatic rings. The van der Waals surface area contributed by atoms with Crippen molar-refractivity contribution in [1.82, 2.24) is 0 Å². The molecule has 0 heterocycles. The van der Waals surface area contributed by atoms with Crippen molar-refractivity contribution in [3.05, 3.63) is 23.5 Å². The highest BCUT2D eigenvalue weighted by molar-refractivity contribution is 7.99. The maximum absolute atomic E-state index is 13.7. The third-order valence-corrected chi connectivity index (χ3v) is 3.51. The number of nitrogens with two attached hydrogens (primary N) is 1. The molecule has 0 fully saturated rings. The number of benzene rings is 1. The number of aliphatic imine (C=N–C) groups is 1. The monoisotopic (exact) mass is 364 g/mol. The van der Waals surface area contributed by atoms with Crippen molar-refractivity contribution in [2.24, 2.45) is 10.7 Å². The molecule has 3 nitrogen and oxygen atoms in total. The Morgan fingerprint density at radius 1 is 1.22 bits per heavy atom. The molecule has 0 spiro atoms. The Bertz CT molecular complexity index is 584. The van der Waals surface area contributed by atoms with Gasteiger partial charge in [0.2, 0.25) is 0 Å². The second-order valence-electron chi connectivity index (χ2n) is 4.31. The quantitative estimate of drug-likeness (QED) is 0.367. The lowest BCUT2D eigenvalue weighted by Gasteiger charge is -2.10. The van der Waals surface area contributed by atoms with Crippen LogP contribution in [0.4, 0.5) is 36.4 Å². The summed E-state index contributed by atoms with van der Waals surface area (Å²) in [6.45, 7) is 0.271. The maximum Gasteiger partial charge on any atom is 0.522 e. The lowest BCUT2D eigenvalue weighted by molar-refractivity contribution is -0.317. The first kappa shape index (κ1) is 19.6. The average molecular weight is 364 g/mol. The Morgan fingerprint density at radius 3 is 2.35 bits per heavy atom. The van der Waals surface area contributed by atoms with E-state index in [-0.39, 0.29) is 10.5 Å². The molecular weight excluding hydrogens is 353 g/mol. The van der Waals surface area contributed by atoms with Crippen LogP contribution in [0.1, 0.15) is 5.56 Å². The van der Waals surface area contributed by atoms with Gasteiger partial charge in [-0.3, -0.25) is 4.74 Å². The fraction of sp³-hybridized carbons (Fsp3) is 0.417. The van der Waals surface area contributed by atoms with Crippen LogP contribution in [0.5, 0.6) is 0 Å². The van der Waals surface area contributed by atoms with E-state index in [1.54, 1.807) is 0 Å². The largest absolute Gasteiger partial charge is 0.522 e. The number of halogens is 7. The fourth-order valence-electron chi connectivity index (χ4n) is 1.39. The highest BCUT2D eigenvalue weighted by atomic mass is 32.2. The van der Waals surface area contributed by atoms with Crippen molar-refractivity contribution in [2.45, 2.75) is 24.4 Å². The van der Waals surface area contributed by atoms with Gasteiger partial charge in [0.1, 0.15) is 23.9 Å². The van der Waals surface area contributed by atoms with Crippen LogP contribution in [0.3, 0.4) is 0 Å². The Morgan fingerprint density at radius 2 is 1.83 bits per heavy atom. The predicted octanol–water partition coefficient (Wildman–Crippen LogP) is 4.31. The third kappa shape index (κ3) is 7.55. The molecule has 1 rings (SSSR count). The average Bonchev–Trinajstić information content (AvgIpc) is 2.36. The van der Waals surface area contributed by atoms with Crippen LogP contribution in [-0.2, 0) is 4.74 Å². The minimum absolute atomic E-state index is 0.0898. The summed E-state index contributed by atoms with van der Waals surface area (Å²) in [5.41, 5.74) is 4.95. The van der Waals surface area contributed by atoms with Crippen LogP contribution in [0.15, 0.2) is 22.0 Å². The summed E-state index contributed by atoms with van der Waals surface area (Å²) >= 11 is 0.409. The van der Waals surface area contributed by atoms with Crippen molar-refractivity contribution in [3.63, 3.8) is 0 Å². The number of alkyl halides is 6. The third-order valence-electron chi connectivity index (χ3n) is 2.28. The van der Waals surface area contributed by atoms with Gasteiger partial charge in [-0.25, -0.2) is 9.38 Å². The van der Waals surface area contributed by atoms with Gasteiger partial charge in [0, 0.05) is 4.90 Å². The minimum atomic E-state index is -4.93. The van der Waals surface area contributed by atoms with Gasteiger partial charge >= 0.3 is 12.5 Å². The number of amidine groups is 1. The van der Waals surface area contributed by atoms with Gasteiger partial charge in [0.05, 0.1) is 5.75 Å². The van der Waals surface area contributed by atoms with Gasteiger partial charge in [0.25, 0.3) is 0 Å². The van der Waals surface area contributed by atoms with Crippen molar-refractivity contribution >= 4 is 23.3 Å². The van der Waals surface area contributed by atoms with E-state index >= 15 is 0 Å². The Hall–Kier alpha value is -1.49. The second kappa shape index (κ2) is 7.39. The molecule has 23 heavy (non-hydrogen) atoms. The molecule has 2 N–H and O–H groups in total. The predicted molar refractivity (Wildman–Crippen MR) is 71.2 cm³/mol. The van der Waals surface area contributed by atoms with Crippen molar-refractivity contribution in [2.75, 3.05) is 12.4 Å². The number of rotatable bonds is 5. The van der Waals surface area contributed by atoms with Gasteiger partial charge in [-0.1, -0.05) is 0 Å². The van der Waals surface area contributed by atoms with Crippen molar-refractivity contribution in [3.8, 4) is 0 Å². The zero-order valence-corrected chi connectivity index (χ0v) is 12.4. The number of ether oxygens (including phenoxy) is 1. The topological polar surface area (TPSA) is 47.6 Å². The van der Waals surface area contributed by atoms with E-state index in [1.165, 1.54) is 6.92 Å². The molecule has 0 aliphatic rings. The maximum atomic E-state index is 13.7. The van der Waals surface area contributed by atoms with Crippen LogP contribution in [0.25, 0.3) is 0 Å². The van der Waals surface area contributed by atoms with Gasteiger partial charge in [-0.15, -0.1) is 24.9 Å². The van der Waals surface area contributed by atoms with Crippen molar-refractivity contribution < 1.29 is 35.5 Å². The second-order valence-corrected chi connectivity index (χ2v) is 5.33. The number of aryl methyl sites for hydroxylation is 1. The van der Waals surface area contributed by atoms with E-state index in [4.69, 9.17) is 5.73 Å². The highest BCUT2D eigenvalue weighted by Gasteiger charge is 2.29. The van der Waals surface area contributed by atoms with E-state index in [0.29, 0.717) is 11.8 Å². The summed E-state index contributed by atoms with van der Waals surface area (Å²) < 4.78 is 89.3. The molecule has 0 atom stereocenters. The van der Waals surface area contributed by atoms with Gasteiger partial charge in [-0.05, 0) is 24.6 Å². The summed E-state index contributed by atoms with van der Waals surface area (Å²) in [7, 11) is 0. The summed E-state index contributed by atoms with van der Waals surface area (Å²) in [6.07, 6.45) is -9.35. The van der Waals surface area contributed by atoms with Crippen LogP contribution in [0.2, 0.25) is 0 Å². The smallest absolute Gasteiger partial charge is 0.385 e. The lowest BCUT2D eigenvalue weighted by Crippen LogP contribution is -2.25. The summed E-state index contributed by atoms with van der Waals surface area (Å²) in [5.74, 6) is -2.79. The van der Waals surface area contributed by atoms with Crippen LogP contribution >= 0.6 is 11.8 Å². The molecule has 1 aromatic carbocycles. The summed E-state index contributed by atoms with van der Waals surface area (Å²) in [5, 5.41) is 0. The number of hydrogen-bond donors (Lipinski definition) is 1. The lowest BCUT2D eigenvalue weighted by atomic mass is 10.2. The molecule has 0 unspecified atom stereocenters. The highest BCUT2D eigenvalue weighted by Crippen LogP contribution is 2.33. The molecule has 0 saturated heterocycles. The first-order valence-corrected chi connectivity index (χ1v) is 6.89. The summed E-state index contributed by atoms with van der Waals surface area (Å²) in [4.78, 5) is 3.50. The molecule has 0 aliphatic heterocycles. The molecule has 0 saturated carbocycles. The van der Waals surface area contributed by atoms with Crippen LogP contribution < -0.4 is 5.73 Å². The first-order chi connectivity index (χ1) is 10.4. The Kier molecular flexibility index (Phi) is 6.28. The van der Waals surface area contributed by atoms with Gasteiger partial charge in [-0.2, -0.15) is 13.2 Å². The molecular formula is C12H11F7N2OS. The zero-order chi connectivity index (χ0) is 17.8. The Labute approximate surface area is 130 Å². The zero-order valence-electron chi connectivity index (χ0n) is 11.6. The standard InChI is InChI=1S/C12H11F7N2OS/c1-6-2-7(13)8(3-9(6)23-5-11(14,15)16)21-10(20)4-22-12(17,18)19/h2-3H,4-5H2,1H3,(H2,20,21). The Balaban J connectivity index is 2.94. The first-order valence-electron chi connectivity index (χ1n) is 5.91. The molecule has 130 valence electrons. The van der Waals surface area contributed by atoms with Crippen molar-refractivity contribution in [1.29, 1.82) is 0 Å². The number of hydrogen-bond acceptors (Lipinski definition) is 3. The molecule has 0 aliphatic carbocycles. The number of nitrogens with zero attached hydrogens (tertiary/aromatic N) is 1. The molecule has 11 heteroatoms. The van der Waals surface area contributed by atoms with Crippen LogP contribution in [0, 0.1) is 12.7 Å². The van der Waals surface area contributed by atoms with E-state index in [2.05, 4.69) is 9.73 Å². The normalized spacial score (nSPS) is 13.5. The number of thioether (sulfide) groups is 1. The molecule has 0 radical (unpaired) electrons.